The maximum atomic E-state index is 12.6. The lowest BCUT2D eigenvalue weighted by Crippen LogP contribution is -2.27. The van der Waals surface area contributed by atoms with Gasteiger partial charge in [0.25, 0.3) is 0 Å². The molecule has 0 bridgehead atoms. The summed E-state index contributed by atoms with van der Waals surface area (Å²) in [5.74, 6) is 0.990. The summed E-state index contributed by atoms with van der Waals surface area (Å²) in [6.45, 7) is 6.39. The Morgan fingerprint density at radius 1 is 1.04 bits per heavy atom. The number of rotatable bonds is 7. The molecule has 2 aromatic carbocycles. The molecule has 0 aliphatic heterocycles. The van der Waals surface area contributed by atoms with Gasteiger partial charge in [0.2, 0.25) is 10.0 Å². The van der Waals surface area contributed by atoms with Crippen molar-refractivity contribution >= 4 is 10.0 Å². The van der Waals surface area contributed by atoms with E-state index in [2.05, 4.69) is 4.72 Å². The standard InChI is InChI=1S/C19H25NO3S/c1-14(2)18-12-17(10-11-19(18)23-4)24(21,22)20-13-15(3)16-8-6-5-7-9-16/h5-12,14-15,20H,13H2,1-4H3/t15-/m1/s1. The molecule has 0 unspecified atom stereocenters. The van der Waals surface area contributed by atoms with Crippen molar-refractivity contribution in [1.29, 1.82) is 0 Å². The minimum atomic E-state index is -3.55. The molecule has 0 fully saturated rings. The van der Waals surface area contributed by atoms with Crippen LogP contribution >= 0.6 is 0 Å². The minimum Gasteiger partial charge on any atom is -0.496 e. The molecule has 4 nitrogen and oxygen atoms in total. The largest absolute Gasteiger partial charge is 0.496 e. The molecule has 0 aromatic heterocycles. The molecule has 0 heterocycles. The molecule has 0 radical (unpaired) electrons. The van der Waals surface area contributed by atoms with Gasteiger partial charge in [0.1, 0.15) is 5.75 Å². The second kappa shape index (κ2) is 7.81. The Balaban J connectivity index is 2.17. The maximum absolute atomic E-state index is 12.6. The Labute approximate surface area is 144 Å². The highest BCUT2D eigenvalue weighted by Gasteiger charge is 2.18. The van der Waals surface area contributed by atoms with Crippen molar-refractivity contribution in [1.82, 2.24) is 4.72 Å². The average molecular weight is 347 g/mol. The molecule has 5 heteroatoms. The van der Waals surface area contributed by atoms with E-state index in [1.165, 1.54) is 0 Å². The van der Waals surface area contributed by atoms with Crippen LogP contribution in [0, 0.1) is 0 Å². The highest BCUT2D eigenvalue weighted by molar-refractivity contribution is 7.89. The SMILES string of the molecule is COc1ccc(S(=O)(=O)NC[C@@H](C)c2ccccc2)cc1C(C)C. The zero-order chi connectivity index (χ0) is 17.7. The molecule has 1 atom stereocenters. The Morgan fingerprint density at radius 3 is 2.29 bits per heavy atom. The molecule has 0 saturated heterocycles. The Morgan fingerprint density at radius 2 is 1.71 bits per heavy atom. The second-order valence-electron chi connectivity index (χ2n) is 6.22. The van der Waals surface area contributed by atoms with Crippen molar-refractivity contribution in [2.75, 3.05) is 13.7 Å². The van der Waals surface area contributed by atoms with Crippen LogP contribution in [0.4, 0.5) is 0 Å². The fraction of sp³-hybridized carbons (Fsp3) is 0.368. The normalized spacial score (nSPS) is 13.0. The average Bonchev–Trinajstić information content (AvgIpc) is 2.59. The van der Waals surface area contributed by atoms with Gasteiger partial charge in [-0.3, -0.25) is 0 Å². The number of hydrogen-bond acceptors (Lipinski definition) is 3. The van der Waals surface area contributed by atoms with Gasteiger partial charge in [-0.05, 0) is 41.2 Å². The van der Waals surface area contributed by atoms with Crippen molar-refractivity contribution in [3.63, 3.8) is 0 Å². The molecule has 2 rings (SSSR count). The van der Waals surface area contributed by atoms with Crippen LogP contribution in [-0.2, 0) is 10.0 Å². The third-order valence-corrected chi connectivity index (χ3v) is 5.50. The smallest absolute Gasteiger partial charge is 0.240 e. The van der Waals surface area contributed by atoms with E-state index in [1.54, 1.807) is 25.3 Å². The topological polar surface area (TPSA) is 55.4 Å². The van der Waals surface area contributed by atoms with Crippen molar-refractivity contribution in [3.05, 3.63) is 59.7 Å². The van der Waals surface area contributed by atoms with Gasteiger partial charge >= 0.3 is 0 Å². The molecule has 0 saturated carbocycles. The van der Waals surface area contributed by atoms with E-state index < -0.39 is 10.0 Å². The number of sulfonamides is 1. The van der Waals surface area contributed by atoms with Crippen LogP contribution in [-0.4, -0.2) is 22.1 Å². The maximum Gasteiger partial charge on any atom is 0.240 e. The van der Waals surface area contributed by atoms with E-state index in [0.717, 1.165) is 11.1 Å². The summed E-state index contributed by atoms with van der Waals surface area (Å²) >= 11 is 0. The van der Waals surface area contributed by atoms with Crippen molar-refractivity contribution in [3.8, 4) is 5.75 Å². The van der Waals surface area contributed by atoms with E-state index >= 15 is 0 Å². The lowest BCUT2D eigenvalue weighted by molar-refractivity contribution is 0.407. The number of hydrogen-bond donors (Lipinski definition) is 1. The first-order valence-corrected chi connectivity index (χ1v) is 9.56. The molecule has 0 spiro atoms. The first-order chi connectivity index (χ1) is 11.3. The van der Waals surface area contributed by atoms with Gasteiger partial charge in [0.15, 0.2) is 0 Å². The van der Waals surface area contributed by atoms with Crippen LogP contribution in [0.1, 0.15) is 43.7 Å². The number of methoxy groups -OCH3 is 1. The van der Waals surface area contributed by atoms with Crippen LogP contribution in [0.25, 0.3) is 0 Å². The van der Waals surface area contributed by atoms with E-state index in [1.807, 2.05) is 51.1 Å². The summed E-state index contributed by atoms with van der Waals surface area (Å²) < 4.78 is 33.2. The fourth-order valence-corrected chi connectivity index (χ4v) is 3.71. The molecular formula is C19H25NO3S. The van der Waals surface area contributed by atoms with Gasteiger partial charge in [-0.15, -0.1) is 0 Å². The first kappa shape index (κ1) is 18.5. The summed E-state index contributed by atoms with van der Waals surface area (Å²) in [4.78, 5) is 0.271. The second-order valence-corrected chi connectivity index (χ2v) is 7.99. The Kier molecular flexibility index (Phi) is 6.02. The van der Waals surface area contributed by atoms with E-state index in [-0.39, 0.29) is 16.7 Å². The number of ether oxygens (including phenoxy) is 1. The van der Waals surface area contributed by atoms with E-state index in [9.17, 15) is 8.42 Å². The molecule has 0 aliphatic rings. The van der Waals surface area contributed by atoms with Gasteiger partial charge in [0.05, 0.1) is 12.0 Å². The predicted molar refractivity (Wildman–Crippen MR) is 97.1 cm³/mol. The van der Waals surface area contributed by atoms with Crippen molar-refractivity contribution < 1.29 is 13.2 Å². The van der Waals surface area contributed by atoms with Crippen LogP contribution in [0.15, 0.2) is 53.4 Å². The van der Waals surface area contributed by atoms with Crippen molar-refractivity contribution in [2.24, 2.45) is 0 Å². The highest BCUT2D eigenvalue weighted by Crippen LogP contribution is 2.29. The summed E-state index contributed by atoms with van der Waals surface area (Å²) in [7, 11) is -1.96. The Hall–Kier alpha value is -1.85. The monoisotopic (exact) mass is 347 g/mol. The first-order valence-electron chi connectivity index (χ1n) is 8.07. The highest BCUT2D eigenvalue weighted by atomic mass is 32.2. The van der Waals surface area contributed by atoms with E-state index in [0.29, 0.717) is 12.3 Å². The predicted octanol–water partition coefficient (Wildman–Crippen LogP) is 3.90. The zero-order valence-corrected chi connectivity index (χ0v) is 15.4. The number of benzene rings is 2. The van der Waals surface area contributed by atoms with Crippen LogP contribution in [0.5, 0.6) is 5.75 Å². The quantitative estimate of drug-likeness (QED) is 0.826. The van der Waals surface area contributed by atoms with Crippen LogP contribution in [0.2, 0.25) is 0 Å². The summed E-state index contributed by atoms with van der Waals surface area (Å²) in [6, 6.07) is 14.9. The third kappa shape index (κ3) is 4.36. The van der Waals surface area contributed by atoms with Crippen LogP contribution in [0.3, 0.4) is 0 Å². The summed E-state index contributed by atoms with van der Waals surface area (Å²) in [5, 5.41) is 0. The summed E-state index contributed by atoms with van der Waals surface area (Å²) in [6.07, 6.45) is 0. The fourth-order valence-electron chi connectivity index (χ4n) is 2.55. The van der Waals surface area contributed by atoms with Gasteiger partial charge in [-0.1, -0.05) is 51.1 Å². The molecular weight excluding hydrogens is 322 g/mol. The molecule has 1 N–H and O–H groups in total. The van der Waals surface area contributed by atoms with Gasteiger partial charge < -0.3 is 4.74 Å². The molecule has 24 heavy (non-hydrogen) atoms. The van der Waals surface area contributed by atoms with Crippen molar-refractivity contribution in [2.45, 2.75) is 37.5 Å². The molecule has 0 aliphatic carbocycles. The molecule has 2 aromatic rings. The molecule has 0 amide bonds. The number of nitrogens with one attached hydrogen (secondary N) is 1. The van der Waals surface area contributed by atoms with E-state index in [4.69, 9.17) is 4.74 Å². The van der Waals surface area contributed by atoms with Gasteiger partial charge in [0, 0.05) is 6.54 Å². The third-order valence-electron chi connectivity index (χ3n) is 4.08. The van der Waals surface area contributed by atoms with Crippen LogP contribution < -0.4 is 9.46 Å². The van der Waals surface area contributed by atoms with Gasteiger partial charge in [-0.25, -0.2) is 13.1 Å². The lowest BCUT2D eigenvalue weighted by Gasteiger charge is -2.16. The minimum absolute atomic E-state index is 0.101. The van der Waals surface area contributed by atoms with Gasteiger partial charge in [-0.2, -0.15) is 0 Å². The Bertz CT molecular complexity index is 770. The summed E-state index contributed by atoms with van der Waals surface area (Å²) in [5.41, 5.74) is 1.99. The molecule has 130 valence electrons. The zero-order valence-electron chi connectivity index (χ0n) is 14.6. The lowest BCUT2D eigenvalue weighted by atomic mass is 10.0.